The Hall–Kier alpha value is -2.41. The van der Waals surface area contributed by atoms with Crippen LogP contribution in [0.1, 0.15) is 11.1 Å². The largest absolute Gasteiger partial charge is 0.338 e. The molecule has 24 heavy (non-hydrogen) atoms. The molecule has 2 aromatic rings. The number of anilines is 1. The number of sulfone groups is 1. The van der Waals surface area contributed by atoms with Gasteiger partial charge in [-0.05, 0) is 35.7 Å². The number of nitrogens with one attached hydrogen (secondary N) is 2. The van der Waals surface area contributed by atoms with Crippen molar-refractivity contribution >= 4 is 21.6 Å². The minimum atomic E-state index is -3.14. The maximum absolute atomic E-state index is 13.5. The fourth-order valence-electron chi connectivity index (χ4n) is 2.23. The van der Waals surface area contributed by atoms with Gasteiger partial charge in [-0.15, -0.1) is 0 Å². The molecule has 7 heteroatoms. The molecule has 0 unspecified atom stereocenters. The standard InChI is InChI=1S/C17H19FN2O3S/c1-24(22,23)12-13-5-4-7-15(11-13)20-17(21)19-10-9-14-6-2-3-8-16(14)18/h2-8,11H,9-10,12H2,1H3,(H2,19,20,21). The summed E-state index contributed by atoms with van der Waals surface area (Å²) in [5, 5.41) is 5.27. The predicted octanol–water partition coefficient (Wildman–Crippen LogP) is 2.73. The van der Waals surface area contributed by atoms with E-state index in [2.05, 4.69) is 10.6 Å². The van der Waals surface area contributed by atoms with Gasteiger partial charge in [0.15, 0.2) is 9.84 Å². The maximum Gasteiger partial charge on any atom is 0.319 e. The van der Waals surface area contributed by atoms with Crippen LogP contribution in [0.4, 0.5) is 14.9 Å². The zero-order valence-corrected chi connectivity index (χ0v) is 14.1. The fraction of sp³-hybridized carbons (Fsp3) is 0.235. The molecule has 0 aliphatic heterocycles. The van der Waals surface area contributed by atoms with Gasteiger partial charge in [-0.3, -0.25) is 0 Å². The quantitative estimate of drug-likeness (QED) is 0.841. The number of amides is 2. The molecule has 0 aromatic heterocycles. The lowest BCUT2D eigenvalue weighted by Crippen LogP contribution is -2.30. The summed E-state index contributed by atoms with van der Waals surface area (Å²) in [6.45, 7) is 0.287. The first-order valence-corrected chi connectivity index (χ1v) is 9.44. The second-order valence-corrected chi connectivity index (χ2v) is 7.63. The first-order chi connectivity index (χ1) is 11.3. The lowest BCUT2D eigenvalue weighted by Gasteiger charge is -2.09. The molecule has 0 spiro atoms. The number of hydrogen-bond donors (Lipinski definition) is 2. The molecule has 2 amide bonds. The van der Waals surface area contributed by atoms with Crippen molar-refractivity contribution in [1.29, 1.82) is 0 Å². The van der Waals surface area contributed by atoms with Gasteiger partial charge in [0.25, 0.3) is 0 Å². The van der Waals surface area contributed by atoms with Crippen LogP contribution in [0.15, 0.2) is 48.5 Å². The van der Waals surface area contributed by atoms with Crippen molar-refractivity contribution in [2.75, 3.05) is 18.1 Å². The third-order valence-electron chi connectivity index (χ3n) is 3.25. The summed E-state index contributed by atoms with van der Waals surface area (Å²) in [5.41, 5.74) is 1.63. The molecule has 0 aliphatic carbocycles. The normalized spacial score (nSPS) is 11.1. The van der Waals surface area contributed by atoms with Crippen LogP contribution in [0.25, 0.3) is 0 Å². The molecular formula is C17H19FN2O3S. The van der Waals surface area contributed by atoms with Crippen LogP contribution < -0.4 is 10.6 Å². The van der Waals surface area contributed by atoms with Crippen LogP contribution in [0.2, 0.25) is 0 Å². The van der Waals surface area contributed by atoms with Crippen molar-refractivity contribution in [2.24, 2.45) is 0 Å². The number of urea groups is 1. The molecular weight excluding hydrogens is 331 g/mol. The Labute approximate surface area is 140 Å². The summed E-state index contributed by atoms with van der Waals surface area (Å²) in [6.07, 6.45) is 1.54. The maximum atomic E-state index is 13.5. The molecule has 128 valence electrons. The lowest BCUT2D eigenvalue weighted by atomic mass is 10.1. The molecule has 2 aromatic carbocycles. The first kappa shape index (κ1) is 17.9. The van der Waals surface area contributed by atoms with Crippen molar-refractivity contribution in [1.82, 2.24) is 5.32 Å². The molecule has 5 nitrogen and oxygen atoms in total. The van der Waals surface area contributed by atoms with E-state index in [0.717, 1.165) is 6.26 Å². The van der Waals surface area contributed by atoms with E-state index in [1.54, 1.807) is 42.5 Å². The fourth-order valence-corrected chi connectivity index (χ4v) is 3.01. The zero-order valence-electron chi connectivity index (χ0n) is 13.3. The summed E-state index contributed by atoms with van der Waals surface area (Å²) >= 11 is 0. The number of carbonyl (C=O) groups is 1. The smallest absolute Gasteiger partial charge is 0.319 e. The molecule has 0 radical (unpaired) electrons. The van der Waals surface area contributed by atoms with E-state index in [0.29, 0.717) is 23.2 Å². The molecule has 0 saturated carbocycles. The molecule has 0 saturated heterocycles. The van der Waals surface area contributed by atoms with Crippen LogP contribution in [0, 0.1) is 5.82 Å². The van der Waals surface area contributed by atoms with E-state index in [1.807, 2.05) is 0 Å². The lowest BCUT2D eigenvalue weighted by molar-refractivity contribution is 0.252. The summed E-state index contributed by atoms with van der Waals surface area (Å²) < 4.78 is 36.1. The number of benzene rings is 2. The molecule has 2 N–H and O–H groups in total. The highest BCUT2D eigenvalue weighted by Gasteiger charge is 2.07. The average molecular weight is 350 g/mol. The second-order valence-electron chi connectivity index (χ2n) is 5.49. The Kier molecular flexibility index (Phi) is 5.92. The van der Waals surface area contributed by atoms with E-state index in [1.165, 1.54) is 6.07 Å². The topological polar surface area (TPSA) is 75.3 Å². The van der Waals surface area contributed by atoms with Gasteiger partial charge < -0.3 is 10.6 Å². The number of halogens is 1. The second kappa shape index (κ2) is 7.92. The van der Waals surface area contributed by atoms with Gasteiger partial charge in [0.2, 0.25) is 0 Å². The summed E-state index contributed by atoms with van der Waals surface area (Å²) in [4.78, 5) is 11.8. The van der Waals surface area contributed by atoms with Crippen LogP contribution in [0.5, 0.6) is 0 Å². The van der Waals surface area contributed by atoms with Crippen LogP contribution in [-0.4, -0.2) is 27.2 Å². The number of hydrogen-bond acceptors (Lipinski definition) is 3. The van der Waals surface area contributed by atoms with Gasteiger partial charge in [-0.2, -0.15) is 0 Å². The highest BCUT2D eigenvalue weighted by atomic mass is 32.2. The van der Waals surface area contributed by atoms with Crippen LogP contribution in [0.3, 0.4) is 0 Å². The monoisotopic (exact) mass is 350 g/mol. The van der Waals surface area contributed by atoms with Crippen LogP contribution >= 0.6 is 0 Å². The van der Waals surface area contributed by atoms with Gasteiger partial charge >= 0.3 is 6.03 Å². The van der Waals surface area contributed by atoms with Crippen molar-refractivity contribution in [2.45, 2.75) is 12.2 Å². The Balaban J connectivity index is 1.86. The Bertz CT molecular complexity index is 822. The molecule has 2 rings (SSSR count). The van der Waals surface area contributed by atoms with Crippen LogP contribution in [-0.2, 0) is 22.0 Å². The molecule has 0 fully saturated rings. The van der Waals surface area contributed by atoms with Crippen molar-refractivity contribution in [3.63, 3.8) is 0 Å². The third kappa shape index (κ3) is 6.00. The molecule has 0 atom stereocenters. The van der Waals surface area contributed by atoms with Gasteiger partial charge in [0, 0.05) is 18.5 Å². The van der Waals surface area contributed by atoms with Crippen molar-refractivity contribution in [3.8, 4) is 0 Å². The average Bonchev–Trinajstić information content (AvgIpc) is 2.48. The molecule has 0 aliphatic rings. The van der Waals surface area contributed by atoms with Gasteiger partial charge in [0.05, 0.1) is 5.75 Å². The van der Waals surface area contributed by atoms with E-state index in [4.69, 9.17) is 0 Å². The SMILES string of the molecule is CS(=O)(=O)Cc1cccc(NC(=O)NCCc2ccccc2F)c1. The highest BCUT2D eigenvalue weighted by molar-refractivity contribution is 7.89. The zero-order chi connectivity index (χ0) is 17.6. The van der Waals surface area contributed by atoms with E-state index in [-0.39, 0.29) is 18.1 Å². The van der Waals surface area contributed by atoms with Gasteiger partial charge in [-0.1, -0.05) is 30.3 Å². The van der Waals surface area contributed by atoms with E-state index < -0.39 is 15.9 Å². The van der Waals surface area contributed by atoms with E-state index in [9.17, 15) is 17.6 Å². The number of carbonyl (C=O) groups excluding carboxylic acids is 1. The van der Waals surface area contributed by atoms with Crippen molar-refractivity contribution < 1.29 is 17.6 Å². The Morgan fingerprint density at radius 1 is 1.12 bits per heavy atom. The van der Waals surface area contributed by atoms with E-state index >= 15 is 0 Å². The minimum absolute atomic E-state index is 0.0859. The summed E-state index contributed by atoms with van der Waals surface area (Å²) in [6, 6.07) is 12.6. The van der Waals surface area contributed by atoms with Gasteiger partial charge in [0.1, 0.15) is 5.82 Å². The highest BCUT2D eigenvalue weighted by Crippen LogP contribution is 2.13. The predicted molar refractivity (Wildman–Crippen MR) is 92.1 cm³/mol. The Morgan fingerprint density at radius 2 is 1.88 bits per heavy atom. The first-order valence-electron chi connectivity index (χ1n) is 7.38. The Morgan fingerprint density at radius 3 is 2.58 bits per heavy atom. The van der Waals surface area contributed by atoms with Gasteiger partial charge in [-0.25, -0.2) is 17.6 Å². The molecule has 0 heterocycles. The van der Waals surface area contributed by atoms with Crippen molar-refractivity contribution in [3.05, 3.63) is 65.5 Å². The number of rotatable bonds is 6. The minimum Gasteiger partial charge on any atom is -0.338 e. The summed E-state index contributed by atoms with van der Waals surface area (Å²) in [7, 11) is -3.14. The third-order valence-corrected chi connectivity index (χ3v) is 4.11. The molecule has 0 bridgehead atoms. The summed E-state index contributed by atoms with van der Waals surface area (Å²) in [5.74, 6) is -0.384.